The summed E-state index contributed by atoms with van der Waals surface area (Å²) in [5, 5.41) is 12.5. The van der Waals surface area contributed by atoms with Gasteiger partial charge >= 0.3 is 5.97 Å². The van der Waals surface area contributed by atoms with Crippen molar-refractivity contribution in [1.82, 2.24) is 9.38 Å². The van der Waals surface area contributed by atoms with Gasteiger partial charge < -0.3 is 10.4 Å². The number of aromatic nitrogens is 2. The number of benzene rings is 1. The lowest BCUT2D eigenvalue weighted by Gasteiger charge is -2.10. The average Bonchev–Trinajstić information content (AvgIpc) is 2.93. The Balaban J connectivity index is 2.07. The normalized spacial score (nSPS) is 10.8. The molecule has 0 radical (unpaired) electrons. The van der Waals surface area contributed by atoms with E-state index < -0.39 is 11.9 Å². The lowest BCUT2D eigenvalue weighted by atomic mass is 10.1. The van der Waals surface area contributed by atoms with E-state index in [1.165, 1.54) is 12.1 Å². The van der Waals surface area contributed by atoms with Crippen LogP contribution in [0.25, 0.3) is 5.65 Å². The smallest absolute Gasteiger partial charge is 0.337 e. The number of rotatable bonds is 4. The number of amides is 1. The van der Waals surface area contributed by atoms with Crippen LogP contribution in [0, 0.1) is 0 Å². The van der Waals surface area contributed by atoms with Gasteiger partial charge in [-0.1, -0.05) is 34.5 Å². The van der Waals surface area contributed by atoms with Gasteiger partial charge in [-0.2, -0.15) is 0 Å². The number of imidazole rings is 1. The third-order valence-corrected chi connectivity index (χ3v) is 4.38. The lowest BCUT2D eigenvalue weighted by molar-refractivity contribution is 0.0698. The number of pyridine rings is 1. The van der Waals surface area contributed by atoms with Crippen LogP contribution in [0.1, 0.15) is 33.5 Å². The van der Waals surface area contributed by atoms with Crippen LogP contribution in [-0.4, -0.2) is 26.4 Å². The Morgan fingerprint density at radius 2 is 2.08 bits per heavy atom. The van der Waals surface area contributed by atoms with Crippen molar-refractivity contribution >= 4 is 50.7 Å². The maximum absolute atomic E-state index is 12.8. The zero-order valence-electron chi connectivity index (χ0n) is 13.1. The van der Waals surface area contributed by atoms with Crippen LogP contribution >= 0.6 is 27.5 Å². The minimum Gasteiger partial charge on any atom is -0.478 e. The minimum atomic E-state index is -1.13. The molecule has 0 aliphatic heterocycles. The number of carboxylic acids is 1. The quantitative estimate of drug-likeness (QED) is 0.658. The first-order chi connectivity index (χ1) is 11.9. The van der Waals surface area contributed by atoms with Crippen molar-refractivity contribution in [2.24, 2.45) is 0 Å². The molecule has 0 bridgehead atoms. The molecular formula is C17H13BrClN3O3. The number of nitrogens with zero attached hydrogens (tertiary/aromatic N) is 2. The predicted molar refractivity (Wildman–Crippen MR) is 98.6 cm³/mol. The zero-order chi connectivity index (χ0) is 18.1. The molecule has 2 N–H and O–H groups in total. The number of fused-ring (bicyclic) bond motifs is 1. The van der Waals surface area contributed by atoms with E-state index in [9.17, 15) is 14.7 Å². The first kappa shape index (κ1) is 17.4. The summed E-state index contributed by atoms with van der Waals surface area (Å²) < 4.78 is 2.22. The van der Waals surface area contributed by atoms with Crippen molar-refractivity contribution in [3.05, 3.63) is 63.0 Å². The molecule has 6 nitrogen and oxygen atoms in total. The van der Waals surface area contributed by atoms with Gasteiger partial charge in [0, 0.05) is 10.7 Å². The van der Waals surface area contributed by atoms with Crippen molar-refractivity contribution in [3.63, 3.8) is 0 Å². The molecule has 0 atom stereocenters. The predicted octanol–water partition coefficient (Wildman–Crippen LogP) is 4.26. The number of hydrogen-bond acceptors (Lipinski definition) is 3. The van der Waals surface area contributed by atoms with E-state index in [0.29, 0.717) is 33.0 Å². The number of aromatic carboxylic acids is 1. The molecule has 0 fully saturated rings. The fourth-order valence-corrected chi connectivity index (χ4v) is 3.06. The molecule has 2 heterocycles. The van der Waals surface area contributed by atoms with Crippen LogP contribution in [0.15, 0.2) is 41.0 Å². The zero-order valence-corrected chi connectivity index (χ0v) is 15.4. The van der Waals surface area contributed by atoms with Gasteiger partial charge in [0.25, 0.3) is 5.91 Å². The van der Waals surface area contributed by atoms with Crippen molar-refractivity contribution < 1.29 is 14.7 Å². The van der Waals surface area contributed by atoms with E-state index in [1.54, 1.807) is 28.8 Å². The summed E-state index contributed by atoms with van der Waals surface area (Å²) in [7, 11) is 0. The SMILES string of the molecule is CCc1nc2ccc(Cl)cn2c1C(=O)Nc1ccc(Br)cc1C(=O)O. The molecule has 3 rings (SSSR count). The highest BCUT2D eigenvalue weighted by Crippen LogP contribution is 2.23. The Morgan fingerprint density at radius 1 is 1.32 bits per heavy atom. The first-order valence-corrected chi connectivity index (χ1v) is 8.58. The van der Waals surface area contributed by atoms with E-state index in [1.807, 2.05) is 6.92 Å². The Bertz CT molecular complexity index is 1000. The van der Waals surface area contributed by atoms with Gasteiger partial charge in [-0.05, 0) is 36.8 Å². The summed E-state index contributed by atoms with van der Waals surface area (Å²) in [6, 6.07) is 8.05. The van der Waals surface area contributed by atoms with E-state index in [2.05, 4.69) is 26.2 Å². The van der Waals surface area contributed by atoms with Crippen LogP contribution in [0.3, 0.4) is 0 Å². The minimum absolute atomic E-state index is 0.00683. The number of aryl methyl sites for hydroxylation is 1. The van der Waals surface area contributed by atoms with Crippen molar-refractivity contribution in [3.8, 4) is 0 Å². The molecule has 0 saturated heterocycles. The molecule has 1 amide bonds. The number of carboxylic acid groups (broad SMARTS) is 1. The van der Waals surface area contributed by atoms with Crippen LogP contribution in [-0.2, 0) is 6.42 Å². The maximum Gasteiger partial charge on any atom is 0.337 e. The van der Waals surface area contributed by atoms with Gasteiger partial charge in [0.15, 0.2) is 0 Å². The highest BCUT2D eigenvalue weighted by atomic mass is 79.9. The number of nitrogens with one attached hydrogen (secondary N) is 1. The third-order valence-electron chi connectivity index (χ3n) is 3.66. The molecule has 1 aromatic carbocycles. The van der Waals surface area contributed by atoms with E-state index in [0.717, 1.165) is 0 Å². The molecule has 128 valence electrons. The van der Waals surface area contributed by atoms with Gasteiger partial charge in [-0.15, -0.1) is 0 Å². The van der Waals surface area contributed by atoms with E-state index in [4.69, 9.17) is 11.6 Å². The summed E-state index contributed by atoms with van der Waals surface area (Å²) in [5.41, 5.74) is 1.74. The second kappa shape index (κ2) is 6.85. The highest BCUT2D eigenvalue weighted by Gasteiger charge is 2.21. The first-order valence-electron chi connectivity index (χ1n) is 7.41. The standard InChI is InChI=1S/C17H13BrClN3O3/c1-2-12-15(22-8-10(19)4-6-14(22)20-12)16(23)21-13-5-3-9(18)7-11(13)17(24)25/h3-8H,2H2,1H3,(H,21,23)(H,24,25). The van der Waals surface area contributed by atoms with Crippen LogP contribution in [0.2, 0.25) is 5.02 Å². The topological polar surface area (TPSA) is 83.7 Å². The molecule has 25 heavy (non-hydrogen) atoms. The number of carbonyl (C=O) groups excluding carboxylic acids is 1. The largest absolute Gasteiger partial charge is 0.478 e. The fourth-order valence-electron chi connectivity index (χ4n) is 2.54. The number of anilines is 1. The Hall–Kier alpha value is -2.38. The molecule has 0 aliphatic rings. The monoisotopic (exact) mass is 421 g/mol. The van der Waals surface area contributed by atoms with Gasteiger partial charge in [0.05, 0.1) is 22.0 Å². The summed E-state index contributed by atoms with van der Waals surface area (Å²) >= 11 is 9.26. The molecular weight excluding hydrogens is 410 g/mol. The molecule has 2 aromatic heterocycles. The summed E-state index contributed by atoms with van der Waals surface area (Å²) in [6.07, 6.45) is 2.16. The van der Waals surface area contributed by atoms with E-state index >= 15 is 0 Å². The van der Waals surface area contributed by atoms with Gasteiger partial charge in [0.1, 0.15) is 11.3 Å². The number of carbonyl (C=O) groups is 2. The van der Waals surface area contributed by atoms with Gasteiger partial charge in [-0.25, -0.2) is 9.78 Å². The van der Waals surface area contributed by atoms with Crippen LogP contribution < -0.4 is 5.32 Å². The highest BCUT2D eigenvalue weighted by molar-refractivity contribution is 9.10. The Labute approximate surface area is 156 Å². The number of halogens is 2. The van der Waals surface area contributed by atoms with Crippen LogP contribution in [0.4, 0.5) is 5.69 Å². The summed E-state index contributed by atoms with van der Waals surface area (Å²) in [4.78, 5) is 28.7. The van der Waals surface area contributed by atoms with Crippen molar-refractivity contribution in [2.75, 3.05) is 5.32 Å². The van der Waals surface area contributed by atoms with Crippen molar-refractivity contribution in [2.45, 2.75) is 13.3 Å². The summed E-state index contributed by atoms with van der Waals surface area (Å²) in [6.45, 7) is 1.89. The number of hydrogen-bond donors (Lipinski definition) is 2. The van der Waals surface area contributed by atoms with Crippen LogP contribution in [0.5, 0.6) is 0 Å². The molecule has 0 saturated carbocycles. The second-order valence-corrected chi connectivity index (χ2v) is 6.64. The van der Waals surface area contributed by atoms with E-state index in [-0.39, 0.29) is 11.3 Å². The van der Waals surface area contributed by atoms with Gasteiger partial charge in [0.2, 0.25) is 0 Å². The summed E-state index contributed by atoms with van der Waals surface area (Å²) in [5.74, 6) is -1.58. The molecule has 8 heteroatoms. The molecule has 0 unspecified atom stereocenters. The average molecular weight is 423 g/mol. The van der Waals surface area contributed by atoms with Gasteiger partial charge in [-0.3, -0.25) is 9.20 Å². The molecule has 0 aliphatic carbocycles. The van der Waals surface area contributed by atoms with Crippen molar-refractivity contribution in [1.29, 1.82) is 0 Å². The maximum atomic E-state index is 12.8. The lowest BCUT2D eigenvalue weighted by Crippen LogP contribution is -2.18. The second-order valence-electron chi connectivity index (χ2n) is 5.29. The molecule has 3 aromatic rings. The molecule has 0 spiro atoms. The Kier molecular flexibility index (Phi) is 4.78. The third kappa shape index (κ3) is 3.38. The fraction of sp³-hybridized carbons (Fsp3) is 0.118. The Morgan fingerprint density at radius 3 is 2.76 bits per heavy atom.